The molecule has 0 aliphatic rings. The van der Waals surface area contributed by atoms with Crippen molar-refractivity contribution in [2.24, 2.45) is 0 Å². The van der Waals surface area contributed by atoms with Crippen LogP contribution in [0.1, 0.15) is 11.3 Å². The summed E-state index contributed by atoms with van der Waals surface area (Å²) in [5, 5.41) is 4.25. The van der Waals surface area contributed by atoms with Crippen molar-refractivity contribution < 1.29 is 0 Å². The summed E-state index contributed by atoms with van der Waals surface area (Å²) in [4.78, 5) is 0. The monoisotopic (exact) mass is 136 g/mol. The van der Waals surface area contributed by atoms with Crippen molar-refractivity contribution in [2.75, 3.05) is 0 Å². The van der Waals surface area contributed by atoms with Gasteiger partial charge in [0, 0.05) is 6.20 Å². The van der Waals surface area contributed by atoms with Crippen LogP contribution in [-0.4, -0.2) is 9.78 Å². The van der Waals surface area contributed by atoms with E-state index in [-0.39, 0.29) is 0 Å². The first-order valence-electron chi connectivity index (χ1n) is 3.35. The predicted molar refractivity (Wildman–Crippen MR) is 41.9 cm³/mol. The van der Waals surface area contributed by atoms with Crippen LogP contribution in [0.4, 0.5) is 0 Å². The van der Waals surface area contributed by atoms with E-state index >= 15 is 0 Å². The Morgan fingerprint density at radius 2 is 2.40 bits per heavy atom. The molecule has 2 heteroatoms. The Labute approximate surface area is 61.2 Å². The Morgan fingerprint density at radius 3 is 2.80 bits per heavy atom. The number of rotatable bonds is 2. The zero-order valence-electron chi connectivity index (χ0n) is 6.46. The maximum atomic E-state index is 4.25. The standard InChI is InChI=1S/C8H12N2/c1-4-5-10-6-7(2)8(3)9-10/h4,6H,1,5H2,2-3H3. The molecule has 0 unspecified atom stereocenters. The Hall–Kier alpha value is -1.05. The number of nitrogens with zero attached hydrogens (tertiary/aromatic N) is 2. The summed E-state index contributed by atoms with van der Waals surface area (Å²) < 4.78 is 1.89. The molecule has 0 aromatic carbocycles. The topological polar surface area (TPSA) is 17.8 Å². The molecule has 0 saturated heterocycles. The van der Waals surface area contributed by atoms with Gasteiger partial charge in [0.25, 0.3) is 0 Å². The van der Waals surface area contributed by atoms with Crippen molar-refractivity contribution in [1.82, 2.24) is 9.78 Å². The fourth-order valence-electron chi connectivity index (χ4n) is 0.843. The van der Waals surface area contributed by atoms with Gasteiger partial charge in [0.2, 0.25) is 0 Å². The van der Waals surface area contributed by atoms with Crippen molar-refractivity contribution in [3.63, 3.8) is 0 Å². The molecule has 2 nitrogen and oxygen atoms in total. The average molecular weight is 136 g/mol. The Balaban J connectivity index is 2.86. The predicted octanol–water partition coefficient (Wildman–Crippen LogP) is 1.69. The lowest BCUT2D eigenvalue weighted by Gasteiger charge is -1.90. The molecule has 0 fully saturated rings. The van der Waals surface area contributed by atoms with E-state index in [1.165, 1.54) is 5.56 Å². The summed E-state index contributed by atoms with van der Waals surface area (Å²) in [6, 6.07) is 0. The van der Waals surface area contributed by atoms with E-state index in [1.807, 2.05) is 23.9 Å². The van der Waals surface area contributed by atoms with E-state index in [4.69, 9.17) is 0 Å². The normalized spacial score (nSPS) is 9.80. The van der Waals surface area contributed by atoms with Crippen molar-refractivity contribution in [2.45, 2.75) is 20.4 Å². The van der Waals surface area contributed by atoms with Gasteiger partial charge in [-0.05, 0) is 19.4 Å². The van der Waals surface area contributed by atoms with E-state index in [0.29, 0.717) is 0 Å². The molecule has 10 heavy (non-hydrogen) atoms. The Kier molecular flexibility index (Phi) is 1.90. The van der Waals surface area contributed by atoms with Gasteiger partial charge >= 0.3 is 0 Å². The summed E-state index contributed by atoms with van der Waals surface area (Å²) in [6.07, 6.45) is 3.86. The lowest BCUT2D eigenvalue weighted by Crippen LogP contribution is -1.94. The summed E-state index contributed by atoms with van der Waals surface area (Å²) >= 11 is 0. The second kappa shape index (κ2) is 2.69. The highest BCUT2D eigenvalue weighted by Gasteiger charge is 1.95. The molecular weight excluding hydrogens is 124 g/mol. The lowest BCUT2D eigenvalue weighted by atomic mass is 10.3. The van der Waals surface area contributed by atoms with Gasteiger partial charge in [-0.25, -0.2) is 0 Å². The number of hydrogen-bond acceptors (Lipinski definition) is 1. The Morgan fingerprint density at radius 1 is 1.70 bits per heavy atom. The van der Waals surface area contributed by atoms with E-state index in [2.05, 4.69) is 18.6 Å². The van der Waals surface area contributed by atoms with Crippen LogP contribution in [0.2, 0.25) is 0 Å². The number of hydrogen-bond donors (Lipinski definition) is 0. The van der Waals surface area contributed by atoms with E-state index in [0.717, 1.165) is 12.2 Å². The number of aromatic nitrogens is 2. The molecule has 0 bridgehead atoms. The molecule has 1 aromatic heterocycles. The molecule has 0 amide bonds. The summed E-state index contributed by atoms with van der Waals surface area (Å²) in [7, 11) is 0. The molecule has 0 atom stereocenters. The fraction of sp³-hybridized carbons (Fsp3) is 0.375. The van der Waals surface area contributed by atoms with Crippen LogP contribution >= 0.6 is 0 Å². The number of aryl methyl sites for hydroxylation is 2. The van der Waals surface area contributed by atoms with Crippen LogP contribution in [0.5, 0.6) is 0 Å². The van der Waals surface area contributed by atoms with Gasteiger partial charge in [-0.1, -0.05) is 6.08 Å². The van der Waals surface area contributed by atoms with Gasteiger partial charge < -0.3 is 0 Å². The van der Waals surface area contributed by atoms with E-state index in [9.17, 15) is 0 Å². The van der Waals surface area contributed by atoms with Crippen LogP contribution in [0.15, 0.2) is 18.9 Å². The van der Waals surface area contributed by atoms with Gasteiger partial charge in [-0.2, -0.15) is 5.10 Å². The zero-order chi connectivity index (χ0) is 7.56. The maximum Gasteiger partial charge on any atom is 0.0622 e. The van der Waals surface area contributed by atoms with Crippen LogP contribution < -0.4 is 0 Å². The molecule has 0 radical (unpaired) electrons. The van der Waals surface area contributed by atoms with Crippen LogP contribution in [0, 0.1) is 13.8 Å². The van der Waals surface area contributed by atoms with Crippen molar-refractivity contribution in [3.05, 3.63) is 30.1 Å². The SMILES string of the molecule is C=CCn1cc(C)c(C)n1. The third-order valence-electron chi connectivity index (χ3n) is 1.51. The van der Waals surface area contributed by atoms with Crippen LogP contribution in [0.25, 0.3) is 0 Å². The molecule has 0 spiro atoms. The minimum absolute atomic E-state index is 0.800. The summed E-state index contributed by atoms with van der Waals surface area (Å²) in [5.74, 6) is 0. The lowest BCUT2D eigenvalue weighted by molar-refractivity contribution is 0.694. The van der Waals surface area contributed by atoms with E-state index in [1.54, 1.807) is 0 Å². The Bertz CT molecular complexity index is 216. The van der Waals surface area contributed by atoms with Crippen molar-refractivity contribution >= 4 is 0 Å². The highest BCUT2D eigenvalue weighted by atomic mass is 15.3. The smallest absolute Gasteiger partial charge is 0.0622 e. The first kappa shape index (κ1) is 7.06. The highest BCUT2D eigenvalue weighted by molar-refractivity contribution is 5.12. The quantitative estimate of drug-likeness (QED) is 0.566. The second-order valence-electron chi connectivity index (χ2n) is 2.41. The van der Waals surface area contributed by atoms with Crippen LogP contribution in [-0.2, 0) is 6.54 Å². The van der Waals surface area contributed by atoms with Gasteiger partial charge in [0.15, 0.2) is 0 Å². The highest BCUT2D eigenvalue weighted by Crippen LogP contribution is 2.01. The van der Waals surface area contributed by atoms with Crippen LogP contribution in [0.3, 0.4) is 0 Å². The molecule has 54 valence electrons. The largest absolute Gasteiger partial charge is 0.268 e. The van der Waals surface area contributed by atoms with Gasteiger partial charge in [0.05, 0.1) is 12.2 Å². The third kappa shape index (κ3) is 1.26. The molecule has 1 rings (SSSR count). The molecule has 0 N–H and O–H groups in total. The minimum atomic E-state index is 0.800. The van der Waals surface area contributed by atoms with E-state index < -0.39 is 0 Å². The zero-order valence-corrected chi connectivity index (χ0v) is 6.46. The van der Waals surface area contributed by atoms with Crippen molar-refractivity contribution in [3.8, 4) is 0 Å². The first-order valence-corrected chi connectivity index (χ1v) is 3.35. The maximum absolute atomic E-state index is 4.25. The average Bonchev–Trinajstić information content (AvgIpc) is 2.14. The molecule has 1 heterocycles. The summed E-state index contributed by atoms with van der Waals surface area (Å²) in [6.45, 7) is 8.50. The molecule has 1 aromatic rings. The third-order valence-corrected chi connectivity index (χ3v) is 1.51. The van der Waals surface area contributed by atoms with Gasteiger partial charge in [0.1, 0.15) is 0 Å². The molecule has 0 aliphatic heterocycles. The first-order chi connectivity index (χ1) is 4.74. The number of allylic oxidation sites excluding steroid dienone is 1. The molecule has 0 aliphatic carbocycles. The summed E-state index contributed by atoms with van der Waals surface area (Å²) in [5.41, 5.74) is 2.34. The second-order valence-corrected chi connectivity index (χ2v) is 2.41. The minimum Gasteiger partial charge on any atom is -0.268 e. The van der Waals surface area contributed by atoms with Crippen molar-refractivity contribution in [1.29, 1.82) is 0 Å². The molecule has 0 saturated carbocycles. The fourth-order valence-corrected chi connectivity index (χ4v) is 0.843. The van der Waals surface area contributed by atoms with Gasteiger partial charge in [-0.3, -0.25) is 4.68 Å². The molecular formula is C8H12N2. The van der Waals surface area contributed by atoms with Gasteiger partial charge in [-0.15, -0.1) is 6.58 Å².